The molecule has 0 radical (unpaired) electrons. The Balaban J connectivity index is 1.53. The standard InChI is InChI=1S/C21H29N5O/c1-15(2)20-23-9-11-26(20)19-13-22-12-18(24-19)17-8-5-10-25(14-17)21(27)16-6-3-4-7-16/h9,11-13,15-17H,3-8,10,14H2,1-2H3/t17-/m0/s1. The van der Waals surface area contributed by atoms with Crippen LogP contribution in [-0.2, 0) is 4.79 Å². The first kappa shape index (κ1) is 18.1. The summed E-state index contributed by atoms with van der Waals surface area (Å²) in [6.45, 7) is 5.92. The molecule has 1 aliphatic carbocycles. The number of rotatable bonds is 4. The predicted octanol–water partition coefficient (Wildman–Crippen LogP) is 3.68. The fourth-order valence-corrected chi connectivity index (χ4v) is 4.47. The van der Waals surface area contributed by atoms with Crippen LogP contribution in [0.4, 0.5) is 0 Å². The maximum absolute atomic E-state index is 12.8. The molecule has 1 amide bonds. The molecule has 0 bridgehead atoms. The van der Waals surface area contributed by atoms with Crippen molar-refractivity contribution in [1.29, 1.82) is 0 Å². The second kappa shape index (κ2) is 7.79. The first-order valence-electron chi connectivity index (χ1n) is 10.3. The highest BCUT2D eigenvalue weighted by Crippen LogP contribution is 2.31. The van der Waals surface area contributed by atoms with Crippen molar-refractivity contribution in [3.05, 3.63) is 36.3 Å². The third kappa shape index (κ3) is 3.75. The molecule has 2 aliphatic rings. The highest BCUT2D eigenvalue weighted by molar-refractivity contribution is 5.79. The summed E-state index contributed by atoms with van der Waals surface area (Å²) in [5.74, 6) is 3.00. The van der Waals surface area contributed by atoms with E-state index in [1.54, 1.807) is 6.20 Å². The minimum atomic E-state index is 0.251. The molecule has 27 heavy (non-hydrogen) atoms. The van der Waals surface area contributed by atoms with Crippen LogP contribution in [0.3, 0.4) is 0 Å². The van der Waals surface area contributed by atoms with Crippen LogP contribution in [0.1, 0.15) is 75.7 Å². The van der Waals surface area contributed by atoms with Gasteiger partial charge in [-0.15, -0.1) is 0 Å². The van der Waals surface area contributed by atoms with Gasteiger partial charge in [-0.3, -0.25) is 14.3 Å². The van der Waals surface area contributed by atoms with Gasteiger partial charge in [-0.2, -0.15) is 0 Å². The Bertz CT molecular complexity index is 793. The van der Waals surface area contributed by atoms with Crippen LogP contribution in [0.25, 0.3) is 5.82 Å². The van der Waals surface area contributed by atoms with Gasteiger partial charge in [0.2, 0.25) is 5.91 Å². The molecule has 0 N–H and O–H groups in total. The van der Waals surface area contributed by atoms with Gasteiger partial charge < -0.3 is 4.90 Å². The summed E-state index contributed by atoms with van der Waals surface area (Å²) in [6.07, 6.45) is 14.0. The van der Waals surface area contributed by atoms with Gasteiger partial charge in [0.25, 0.3) is 0 Å². The normalized spacial score (nSPS) is 21.1. The molecule has 6 heteroatoms. The molecule has 3 heterocycles. The van der Waals surface area contributed by atoms with E-state index < -0.39 is 0 Å². The quantitative estimate of drug-likeness (QED) is 0.827. The average Bonchev–Trinajstić information content (AvgIpc) is 3.39. The van der Waals surface area contributed by atoms with Crippen LogP contribution >= 0.6 is 0 Å². The van der Waals surface area contributed by atoms with Crippen molar-refractivity contribution in [2.45, 2.75) is 64.2 Å². The number of hydrogen-bond acceptors (Lipinski definition) is 4. The largest absolute Gasteiger partial charge is 0.342 e. The number of likely N-dealkylation sites (tertiary alicyclic amines) is 1. The van der Waals surface area contributed by atoms with Gasteiger partial charge in [-0.25, -0.2) is 9.97 Å². The summed E-state index contributed by atoms with van der Waals surface area (Å²) in [5, 5.41) is 0. The first-order valence-corrected chi connectivity index (χ1v) is 10.3. The molecule has 6 nitrogen and oxygen atoms in total. The molecule has 2 fully saturated rings. The smallest absolute Gasteiger partial charge is 0.225 e. The van der Waals surface area contributed by atoms with E-state index in [0.717, 1.165) is 56.1 Å². The van der Waals surface area contributed by atoms with E-state index >= 15 is 0 Å². The number of carbonyl (C=O) groups is 1. The summed E-state index contributed by atoms with van der Waals surface area (Å²) in [6, 6.07) is 0. The maximum atomic E-state index is 12.8. The Labute approximate surface area is 161 Å². The van der Waals surface area contributed by atoms with Crippen molar-refractivity contribution in [2.24, 2.45) is 5.92 Å². The zero-order valence-corrected chi connectivity index (χ0v) is 16.3. The van der Waals surface area contributed by atoms with Gasteiger partial charge in [-0.1, -0.05) is 26.7 Å². The zero-order valence-electron chi connectivity index (χ0n) is 16.3. The van der Waals surface area contributed by atoms with E-state index in [4.69, 9.17) is 4.98 Å². The van der Waals surface area contributed by atoms with Gasteiger partial charge in [-0.05, 0) is 25.7 Å². The Morgan fingerprint density at radius 1 is 1.15 bits per heavy atom. The van der Waals surface area contributed by atoms with E-state index in [-0.39, 0.29) is 11.8 Å². The number of imidazole rings is 1. The highest BCUT2D eigenvalue weighted by atomic mass is 16.2. The van der Waals surface area contributed by atoms with Crippen molar-refractivity contribution >= 4 is 5.91 Å². The second-order valence-electron chi connectivity index (χ2n) is 8.22. The van der Waals surface area contributed by atoms with Crippen molar-refractivity contribution in [1.82, 2.24) is 24.4 Å². The molecule has 0 spiro atoms. The molecule has 1 atom stereocenters. The van der Waals surface area contributed by atoms with Crippen LogP contribution in [0.2, 0.25) is 0 Å². The van der Waals surface area contributed by atoms with Crippen LogP contribution < -0.4 is 0 Å². The first-order chi connectivity index (χ1) is 13.1. The second-order valence-corrected chi connectivity index (χ2v) is 8.22. The SMILES string of the molecule is CC(C)c1nccn1-c1cncc([C@H]2CCCN(C(=O)C3CCCC3)C2)n1. The van der Waals surface area contributed by atoms with Gasteiger partial charge in [0.1, 0.15) is 5.82 Å². The molecule has 1 aliphatic heterocycles. The number of nitrogens with zero attached hydrogens (tertiary/aromatic N) is 5. The molecule has 0 aromatic carbocycles. The van der Waals surface area contributed by atoms with Crippen molar-refractivity contribution < 1.29 is 4.79 Å². The van der Waals surface area contributed by atoms with Crippen molar-refractivity contribution in [2.75, 3.05) is 13.1 Å². The third-order valence-corrected chi connectivity index (χ3v) is 5.93. The molecule has 2 aromatic heterocycles. The van der Waals surface area contributed by atoms with E-state index in [1.165, 1.54) is 12.8 Å². The van der Waals surface area contributed by atoms with E-state index in [1.807, 2.05) is 23.2 Å². The Morgan fingerprint density at radius 3 is 2.74 bits per heavy atom. The lowest BCUT2D eigenvalue weighted by atomic mass is 9.93. The van der Waals surface area contributed by atoms with E-state index in [2.05, 4.69) is 28.7 Å². The monoisotopic (exact) mass is 367 g/mol. The summed E-state index contributed by atoms with van der Waals surface area (Å²) in [5.41, 5.74) is 0.986. The van der Waals surface area contributed by atoms with Gasteiger partial charge in [0.05, 0.1) is 11.9 Å². The Kier molecular flexibility index (Phi) is 5.23. The van der Waals surface area contributed by atoms with Crippen LogP contribution in [0.15, 0.2) is 24.8 Å². The Hall–Kier alpha value is -2.24. The summed E-state index contributed by atoms with van der Waals surface area (Å²) < 4.78 is 2.02. The molecule has 2 aromatic rings. The van der Waals surface area contributed by atoms with Crippen molar-refractivity contribution in [3.63, 3.8) is 0 Å². The Morgan fingerprint density at radius 2 is 1.96 bits per heavy atom. The summed E-state index contributed by atoms with van der Waals surface area (Å²) >= 11 is 0. The molecular formula is C21H29N5O. The molecule has 4 rings (SSSR count). The van der Waals surface area contributed by atoms with Crippen molar-refractivity contribution in [3.8, 4) is 5.82 Å². The van der Waals surface area contributed by atoms with E-state index in [9.17, 15) is 4.79 Å². The molecule has 1 saturated heterocycles. The van der Waals surface area contributed by atoms with Gasteiger partial charge >= 0.3 is 0 Å². The van der Waals surface area contributed by atoms with Gasteiger partial charge in [0, 0.05) is 49.4 Å². The van der Waals surface area contributed by atoms with Crippen LogP contribution in [0.5, 0.6) is 0 Å². The topological polar surface area (TPSA) is 63.9 Å². The number of piperidine rings is 1. The zero-order chi connectivity index (χ0) is 18.8. The fourth-order valence-electron chi connectivity index (χ4n) is 4.47. The minimum absolute atomic E-state index is 0.251. The molecule has 144 valence electrons. The summed E-state index contributed by atoms with van der Waals surface area (Å²) in [7, 11) is 0. The molecule has 1 saturated carbocycles. The number of hydrogen-bond donors (Lipinski definition) is 0. The maximum Gasteiger partial charge on any atom is 0.225 e. The van der Waals surface area contributed by atoms with Crippen LogP contribution in [0, 0.1) is 5.92 Å². The highest BCUT2D eigenvalue weighted by Gasteiger charge is 2.31. The van der Waals surface area contributed by atoms with Crippen LogP contribution in [-0.4, -0.2) is 43.4 Å². The number of carbonyl (C=O) groups excluding carboxylic acids is 1. The number of amides is 1. The minimum Gasteiger partial charge on any atom is -0.342 e. The number of aromatic nitrogens is 4. The molecule has 0 unspecified atom stereocenters. The predicted molar refractivity (Wildman–Crippen MR) is 104 cm³/mol. The lowest BCUT2D eigenvalue weighted by Crippen LogP contribution is -2.42. The fraction of sp³-hybridized carbons (Fsp3) is 0.619. The summed E-state index contributed by atoms with van der Waals surface area (Å²) in [4.78, 5) is 28.7. The average molecular weight is 367 g/mol. The van der Waals surface area contributed by atoms with Gasteiger partial charge in [0.15, 0.2) is 5.82 Å². The lowest BCUT2D eigenvalue weighted by Gasteiger charge is -2.34. The van der Waals surface area contributed by atoms with E-state index in [0.29, 0.717) is 11.8 Å². The third-order valence-electron chi connectivity index (χ3n) is 5.93. The molecular weight excluding hydrogens is 338 g/mol. The lowest BCUT2D eigenvalue weighted by molar-refractivity contribution is -0.136.